The van der Waals surface area contributed by atoms with Crippen LogP contribution in [0.3, 0.4) is 0 Å². The van der Waals surface area contributed by atoms with Crippen LogP contribution in [0.2, 0.25) is 0 Å². The van der Waals surface area contributed by atoms with Gasteiger partial charge in [0.25, 0.3) is 0 Å². The number of unbranched alkanes of at least 4 members (excludes halogenated alkanes) is 8. The zero-order chi connectivity index (χ0) is 75.9. The molecule has 3 nitrogen and oxygen atoms in total. The normalized spacial score (nSPS) is 15.5. The third kappa shape index (κ3) is 9.96. The van der Waals surface area contributed by atoms with E-state index in [4.69, 9.17) is 8.83 Å². The lowest BCUT2D eigenvalue weighted by molar-refractivity contribution is 0.399. The van der Waals surface area contributed by atoms with E-state index >= 15 is 0 Å². The van der Waals surface area contributed by atoms with Crippen molar-refractivity contribution in [1.82, 2.24) is 0 Å². The summed E-state index contributed by atoms with van der Waals surface area (Å²) in [5.74, 6) is 0. The summed E-state index contributed by atoms with van der Waals surface area (Å²) in [5.41, 5.74) is 40.4. The molecule has 0 radical (unpaired) electrons. The predicted octanol–water partition coefficient (Wildman–Crippen LogP) is 31.3. The Kier molecular flexibility index (Phi) is 15.6. The number of rotatable bonds is 18. The van der Waals surface area contributed by atoms with Gasteiger partial charge in [-0.15, -0.1) is 0 Å². The molecule has 14 aromatic carbocycles. The standard InChI is InChI=1S/C109H97NO2/c1-11-13-15-17-29-57-109(58-30-18-16-14-12-2)87-38-26-21-33-76(87)79-54-48-72(62-92(79)109)71-47-53-78-77-52-46-70(60-88(77)105(3,4)89(78)61-71)67-41-43-68(44-42-67)85-65-93-96(98-83-35-23-27-39-94(83)111-103(85)98)81-55-50-74(63-90(81)106(93,5)6)110(73-49-45-66-31-19-20-32-69(66)59-73)75-51-56-82-91(64-75)108(9,10)102-100(82)104-99(84-36-24-28-40-95(84)112-104)97-80-34-22-25-37-86(80)107(7,8)101(97)102/h19-28,31-56,59-65H,11-18,29-30,57-58H2,1-10H3. The van der Waals surface area contributed by atoms with Gasteiger partial charge in [0.05, 0.1) is 0 Å². The molecule has 2 heterocycles. The minimum absolute atomic E-state index is 0.0431. The molecule has 550 valence electrons. The molecular formula is C109H97NO2. The maximum Gasteiger partial charge on any atom is 0.144 e. The number of benzene rings is 14. The molecule has 0 amide bonds. The third-order valence-electron chi connectivity index (χ3n) is 27.9. The van der Waals surface area contributed by atoms with Crippen molar-refractivity contribution in [3.8, 4) is 89.0 Å². The van der Waals surface area contributed by atoms with Gasteiger partial charge in [-0.3, -0.25) is 0 Å². The first-order chi connectivity index (χ1) is 54.5. The highest BCUT2D eigenvalue weighted by Gasteiger charge is 2.50. The Bertz CT molecular complexity index is 6600. The first-order valence-electron chi connectivity index (χ1n) is 41.8. The zero-order valence-electron chi connectivity index (χ0n) is 66.6. The number of fused-ring (bicyclic) bond motifs is 26. The van der Waals surface area contributed by atoms with E-state index in [-0.39, 0.29) is 21.7 Å². The third-order valence-corrected chi connectivity index (χ3v) is 27.9. The van der Waals surface area contributed by atoms with Gasteiger partial charge in [-0.1, -0.05) is 322 Å². The molecule has 16 aromatic rings. The number of furan rings is 2. The largest absolute Gasteiger partial charge is 0.455 e. The molecule has 0 atom stereocenters. The summed E-state index contributed by atoms with van der Waals surface area (Å²) >= 11 is 0. The van der Waals surface area contributed by atoms with E-state index in [2.05, 4.69) is 335 Å². The first kappa shape index (κ1) is 68.7. The van der Waals surface area contributed by atoms with Crippen LogP contribution in [-0.2, 0) is 27.1 Å². The van der Waals surface area contributed by atoms with Gasteiger partial charge < -0.3 is 13.7 Å². The van der Waals surface area contributed by atoms with Crippen molar-refractivity contribution in [3.05, 3.63) is 316 Å². The molecule has 0 saturated carbocycles. The summed E-state index contributed by atoms with van der Waals surface area (Å²) < 4.78 is 14.3. The van der Waals surface area contributed by atoms with Crippen LogP contribution in [0.4, 0.5) is 17.1 Å². The van der Waals surface area contributed by atoms with E-state index in [0.717, 1.165) is 55.9 Å². The Balaban J connectivity index is 0.625. The van der Waals surface area contributed by atoms with Crippen LogP contribution in [0.15, 0.2) is 270 Å². The van der Waals surface area contributed by atoms with Crippen molar-refractivity contribution in [2.45, 2.75) is 173 Å². The minimum Gasteiger partial charge on any atom is -0.455 e. The maximum atomic E-state index is 7.16. The van der Waals surface area contributed by atoms with Crippen molar-refractivity contribution in [2.24, 2.45) is 0 Å². The Hall–Kier alpha value is -11.3. The molecular weight excluding hydrogens is 1360 g/mol. The van der Waals surface area contributed by atoms with Gasteiger partial charge in [0, 0.05) is 76.8 Å². The van der Waals surface area contributed by atoms with E-state index in [1.54, 1.807) is 11.1 Å². The molecule has 0 aliphatic heterocycles. The van der Waals surface area contributed by atoms with E-state index in [0.29, 0.717) is 0 Å². The number of nitrogens with zero attached hydrogens (tertiary/aromatic N) is 1. The maximum absolute atomic E-state index is 7.16. The van der Waals surface area contributed by atoms with Crippen molar-refractivity contribution in [2.75, 3.05) is 4.90 Å². The average molecular weight is 1450 g/mol. The van der Waals surface area contributed by atoms with Crippen LogP contribution in [-0.4, -0.2) is 0 Å². The van der Waals surface area contributed by atoms with E-state index in [1.165, 1.54) is 226 Å². The lowest BCUT2D eigenvalue weighted by Crippen LogP contribution is -2.25. The van der Waals surface area contributed by atoms with Crippen LogP contribution in [0.1, 0.15) is 202 Å². The molecule has 5 aliphatic rings. The smallest absolute Gasteiger partial charge is 0.144 e. The molecule has 5 aliphatic carbocycles. The molecule has 2 aromatic heterocycles. The monoisotopic (exact) mass is 1450 g/mol. The molecule has 112 heavy (non-hydrogen) atoms. The van der Waals surface area contributed by atoms with Crippen LogP contribution in [0.25, 0.3) is 144 Å². The van der Waals surface area contributed by atoms with Gasteiger partial charge in [0.2, 0.25) is 0 Å². The van der Waals surface area contributed by atoms with E-state index in [9.17, 15) is 0 Å². The molecule has 21 rings (SSSR count). The number of para-hydroxylation sites is 2. The summed E-state index contributed by atoms with van der Waals surface area (Å²) in [6.45, 7) is 24.2. The topological polar surface area (TPSA) is 29.5 Å². The highest BCUT2D eigenvalue weighted by atomic mass is 16.3. The Labute approximate surface area is 660 Å². The average Bonchev–Trinajstić information content (AvgIpc) is 1.49. The summed E-state index contributed by atoms with van der Waals surface area (Å²) in [4.78, 5) is 2.52. The molecule has 0 N–H and O–H groups in total. The van der Waals surface area contributed by atoms with E-state index < -0.39 is 5.41 Å². The summed E-state index contributed by atoms with van der Waals surface area (Å²) in [5, 5.41) is 7.13. The summed E-state index contributed by atoms with van der Waals surface area (Å²) in [6.07, 6.45) is 15.5. The second-order valence-corrected chi connectivity index (χ2v) is 35.6. The predicted molar refractivity (Wildman–Crippen MR) is 473 cm³/mol. The fourth-order valence-electron chi connectivity index (χ4n) is 22.2. The van der Waals surface area contributed by atoms with Gasteiger partial charge in [-0.25, -0.2) is 0 Å². The fraction of sp³-hybridized carbons (Fsp3) is 0.248. The number of hydrogen-bond acceptors (Lipinski definition) is 3. The molecule has 0 unspecified atom stereocenters. The summed E-state index contributed by atoms with van der Waals surface area (Å²) in [7, 11) is 0. The SMILES string of the molecule is CCCCCCCC1(CCCCCCC)c2ccccc2-c2ccc(-c3ccc4c(c3)C(C)(C)c3cc(-c5ccc(-c6cc7c(c8c6oc6ccccc68)-c6ccc(N(c8ccc9c(c8)C(C)(C)c8c%10c(c%11c(oc%12ccccc%12%11)c8-9)-c8ccccc8C%10(C)C)c8ccc9ccccc9c8)cc6C7(C)C)cc5)ccc3-4)cc21. The van der Waals surface area contributed by atoms with Crippen LogP contribution in [0, 0.1) is 0 Å². The lowest BCUT2D eigenvalue weighted by Gasteiger charge is -2.33. The second-order valence-electron chi connectivity index (χ2n) is 35.6. The Morgan fingerprint density at radius 2 is 0.688 bits per heavy atom. The summed E-state index contributed by atoms with van der Waals surface area (Å²) in [6, 6.07) is 100. The van der Waals surface area contributed by atoms with Crippen molar-refractivity contribution in [3.63, 3.8) is 0 Å². The molecule has 0 spiro atoms. The van der Waals surface area contributed by atoms with Crippen LogP contribution >= 0.6 is 0 Å². The Morgan fingerprint density at radius 1 is 0.268 bits per heavy atom. The second kappa shape index (κ2) is 25.4. The van der Waals surface area contributed by atoms with Crippen molar-refractivity contribution in [1.29, 1.82) is 0 Å². The van der Waals surface area contributed by atoms with Gasteiger partial charge in [0.1, 0.15) is 22.3 Å². The van der Waals surface area contributed by atoms with E-state index in [1.807, 2.05) is 0 Å². The lowest BCUT2D eigenvalue weighted by atomic mass is 9.70. The van der Waals surface area contributed by atoms with Crippen LogP contribution < -0.4 is 4.90 Å². The number of hydrogen-bond donors (Lipinski definition) is 0. The van der Waals surface area contributed by atoms with Gasteiger partial charge in [-0.2, -0.15) is 0 Å². The fourth-order valence-corrected chi connectivity index (χ4v) is 22.2. The highest BCUT2D eigenvalue weighted by molar-refractivity contribution is 6.22. The molecule has 0 fully saturated rings. The number of anilines is 3. The van der Waals surface area contributed by atoms with Gasteiger partial charge in [-0.05, 0) is 230 Å². The molecule has 0 saturated heterocycles. The van der Waals surface area contributed by atoms with Crippen LogP contribution in [0.5, 0.6) is 0 Å². The minimum atomic E-state index is -0.392. The van der Waals surface area contributed by atoms with Gasteiger partial charge >= 0.3 is 0 Å². The van der Waals surface area contributed by atoms with Crippen molar-refractivity contribution < 1.29 is 8.83 Å². The first-order valence-corrected chi connectivity index (χ1v) is 41.8. The zero-order valence-corrected chi connectivity index (χ0v) is 66.6. The highest BCUT2D eigenvalue weighted by Crippen LogP contribution is 2.65. The van der Waals surface area contributed by atoms with Gasteiger partial charge in [0.15, 0.2) is 0 Å². The molecule has 3 heteroatoms. The Morgan fingerprint density at radius 3 is 1.33 bits per heavy atom. The van der Waals surface area contributed by atoms with Crippen molar-refractivity contribution >= 4 is 71.7 Å². The molecule has 0 bridgehead atoms. The quantitative estimate of drug-likeness (QED) is 0.0802.